The van der Waals surface area contributed by atoms with Gasteiger partial charge in [0.2, 0.25) is 12.3 Å². The van der Waals surface area contributed by atoms with Crippen molar-refractivity contribution in [2.75, 3.05) is 0 Å². The second-order valence-electron chi connectivity index (χ2n) is 12.1. The first-order valence-corrected chi connectivity index (χ1v) is 15.8. The molecule has 0 bridgehead atoms. The Kier molecular flexibility index (Phi) is 12.6. The smallest absolute Gasteiger partial charge is 0.230 e. The lowest BCUT2D eigenvalue weighted by atomic mass is 9.12. The molecule has 1 heterocycles. The molecule has 0 amide bonds. The maximum atomic E-state index is 15.4. The molecule has 0 fully saturated rings. The number of hydrogen-bond acceptors (Lipinski definition) is 2. The highest BCUT2D eigenvalue weighted by molar-refractivity contribution is 7.20. The second kappa shape index (κ2) is 16.8. The topological polar surface area (TPSA) is 33.8 Å². The third-order valence-corrected chi connectivity index (χ3v) is 8.90. The largest absolute Gasteiger partial charge is 0.287 e. The van der Waals surface area contributed by atoms with Crippen LogP contribution in [-0.4, -0.2) is 16.9 Å². The van der Waals surface area contributed by atoms with Gasteiger partial charge in [-0.2, -0.15) is 4.57 Å². The van der Waals surface area contributed by atoms with Crippen LogP contribution in [0.1, 0.15) is 10.4 Å². The van der Waals surface area contributed by atoms with Gasteiger partial charge in [0.15, 0.2) is 82.2 Å². The van der Waals surface area contributed by atoms with Crippen LogP contribution in [0, 0.1) is 122 Å². The Morgan fingerprint density at radius 2 is 0.639 bits per heavy atom. The molecule has 320 valence electrons. The quantitative estimate of drug-likeness (QED) is 0.0424. The molecule has 6 aromatic rings. The predicted octanol–water partition coefficient (Wildman–Crippen LogP) is 7.24. The molecule has 0 spiro atoms. The number of hydrogen-bond donors (Lipinski definition) is 0. The molecular formula is C36H10BF21N2O. The lowest BCUT2D eigenvalue weighted by Crippen LogP contribution is -2.81. The molecule has 61 heavy (non-hydrogen) atoms. The summed E-state index contributed by atoms with van der Waals surface area (Å²) in [4.78, 5) is 15.6. The highest BCUT2D eigenvalue weighted by atomic mass is 19.2. The summed E-state index contributed by atoms with van der Waals surface area (Å²) < 4.78 is 309. The highest BCUT2D eigenvalue weighted by Crippen LogP contribution is 2.30. The summed E-state index contributed by atoms with van der Waals surface area (Å²) in [5.41, 5.74) is -14.2. The van der Waals surface area contributed by atoms with Gasteiger partial charge in [-0.05, 0) is 12.1 Å². The number of carbonyl (C=O) groups is 1. The van der Waals surface area contributed by atoms with Gasteiger partial charge < -0.3 is 0 Å². The number of halogens is 21. The minimum absolute atomic E-state index is 0.115. The first-order valence-electron chi connectivity index (χ1n) is 15.8. The number of aromatic nitrogens is 2. The van der Waals surface area contributed by atoms with Crippen molar-refractivity contribution in [1.82, 2.24) is 4.98 Å². The highest BCUT2D eigenvalue weighted by Gasteiger charge is 2.52. The zero-order chi connectivity index (χ0) is 45.7. The fourth-order valence-corrected chi connectivity index (χ4v) is 6.27. The second-order valence-corrected chi connectivity index (χ2v) is 12.1. The Hall–Kier alpha value is -6.56. The van der Waals surface area contributed by atoms with Gasteiger partial charge in [0, 0.05) is 0 Å². The average molecular weight is 896 g/mol. The van der Waals surface area contributed by atoms with Crippen LogP contribution < -0.4 is 26.4 Å². The van der Waals surface area contributed by atoms with E-state index in [1.807, 2.05) is 0 Å². The molecule has 6 rings (SSSR count). The van der Waals surface area contributed by atoms with Gasteiger partial charge in [-0.1, -0.05) is 12.1 Å². The van der Waals surface area contributed by atoms with E-state index in [9.17, 15) is 61.9 Å². The monoisotopic (exact) mass is 896 g/mol. The van der Waals surface area contributed by atoms with Crippen LogP contribution in [0.5, 0.6) is 0 Å². The normalized spacial score (nSPS) is 11.5. The number of Topliss-reactive ketones (excluding diaryl/α,β-unsaturated/α-hetero) is 1. The number of carbonyl (C=O) groups excluding carboxylic acids is 1. The zero-order valence-corrected chi connectivity index (χ0v) is 28.6. The van der Waals surface area contributed by atoms with Crippen LogP contribution in [0.3, 0.4) is 0 Å². The molecule has 5 aromatic carbocycles. The predicted molar refractivity (Wildman–Crippen MR) is 164 cm³/mol. The SMILES string of the molecule is Fc1c(F)c(F)c([B-](c2c(F)c(F)c(F)c(F)c2F)(c2c(F)c(F)c(F)c(F)c2F)c2c(F)c(F)c(F)c(F)c2F)c(F)c1F.O=C(C[n+]1ccncc1)c1ccccc1F. The van der Waals surface area contributed by atoms with Crippen LogP contribution in [0.4, 0.5) is 92.2 Å². The lowest BCUT2D eigenvalue weighted by Gasteiger charge is -2.44. The molecule has 0 aliphatic carbocycles. The van der Waals surface area contributed by atoms with Crippen molar-refractivity contribution in [2.24, 2.45) is 0 Å². The van der Waals surface area contributed by atoms with Gasteiger partial charge in [-0.25, -0.2) is 92.2 Å². The van der Waals surface area contributed by atoms with Crippen LogP contribution >= 0.6 is 0 Å². The van der Waals surface area contributed by atoms with Crippen molar-refractivity contribution in [3.63, 3.8) is 0 Å². The first-order chi connectivity index (χ1) is 28.5. The molecule has 0 unspecified atom stereocenters. The molecular weight excluding hydrogens is 886 g/mol. The molecule has 0 atom stereocenters. The minimum atomic E-state index is -7.22. The Bertz CT molecular complexity index is 2390. The number of ketones is 1. The molecule has 0 radical (unpaired) electrons. The molecule has 0 saturated heterocycles. The van der Waals surface area contributed by atoms with Crippen LogP contribution in [0.25, 0.3) is 0 Å². The molecule has 0 aliphatic rings. The number of nitrogens with zero attached hydrogens (tertiary/aromatic N) is 2. The van der Waals surface area contributed by atoms with Gasteiger partial charge in [0.1, 0.15) is 58.5 Å². The van der Waals surface area contributed by atoms with Crippen LogP contribution in [-0.2, 0) is 6.54 Å². The van der Waals surface area contributed by atoms with E-state index in [2.05, 4.69) is 4.98 Å². The van der Waals surface area contributed by atoms with E-state index in [1.54, 1.807) is 41.5 Å². The van der Waals surface area contributed by atoms with Crippen molar-refractivity contribution in [1.29, 1.82) is 0 Å². The summed E-state index contributed by atoms with van der Waals surface area (Å²) >= 11 is 0. The summed E-state index contributed by atoms with van der Waals surface area (Å²) in [5, 5.41) is 0. The third-order valence-electron chi connectivity index (χ3n) is 8.90. The van der Waals surface area contributed by atoms with E-state index in [0.29, 0.717) is 0 Å². The van der Waals surface area contributed by atoms with E-state index in [0.717, 1.165) is 0 Å². The first kappa shape index (κ1) is 45.5. The van der Waals surface area contributed by atoms with Gasteiger partial charge in [0.05, 0.1) is 18.0 Å². The van der Waals surface area contributed by atoms with E-state index in [-0.39, 0.29) is 17.9 Å². The Balaban J connectivity index is 0.000000366. The van der Waals surface area contributed by atoms with Crippen LogP contribution in [0.2, 0.25) is 0 Å². The minimum Gasteiger partial charge on any atom is -0.287 e. The third kappa shape index (κ3) is 7.17. The van der Waals surface area contributed by atoms with E-state index >= 15 is 35.1 Å². The van der Waals surface area contributed by atoms with Gasteiger partial charge in [-0.15, -0.1) is 21.9 Å². The van der Waals surface area contributed by atoms with E-state index < -0.39 is 150 Å². The number of benzene rings is 5. The summed E-state index contributed by atoms with van der Waals surface area (Å²) in [5.74, 6) is -72.1. The van der Waals surface area contributed by atoms with Gasteiger partial charge in [0.25, 0.3) is 0 Å². The van der Waals surface area contributed by atoms with Gasteiger partial charge >= 0.3 is 0 Å². The van der Waals surface area contributed by atoms with Crippen LogP contribution in [0.15, 0.2) is 49.1 Å². The van der Waals surface area contributed by atoms with Gasteiger partial charge in [-0.3, -0.25) is 9.78 Å². The maximum Gasteiger partial charge on any atom is 0.230 e. The summed E-state index contributed by atoms with van der Waals surface area (Å²) in [6.45, 7) is 0.115. The Labute approximate surface area is 323 Å². The van der Waals surface area contributed by atoms with Crippen molar-refractivity contribution in [2.45, 2.75) is 6.54 Å². The standard InChI is InChI=1S/C24BF20.C12H10FN2O/c26-5-1(6(27)14(35)21(42)13(5)34)25(2-7(28)15(36)22(43)16(37)8(2)29,3-9(30)17(38)23(44)18(39)10(3)31)4-11(32)19(40)24(45)20(41)12(4)33;13-11-4-2-1-3-10(11)12(16)9-15-7-5-14-6-8-15/h;1-8H,9H2/q-1;+1. The van der Waals surface area contributed by atoms with Crippen molar-refractivity contribution in [3.8, 4) is 0 Å². The van der Waals surface area contributed by atoms with Crippen molar-refractivity contribution in [3.05, 3.63) is 177 Å². The van der Waals surface area contributed by atoms with E-state index in [4.69, 9.17) is 0 Å². The van der Waals surface area contributed by atoms with E-state index in [1.165, 1.54) is 12.1 Å². The number of rotatable bonds is 7. The average Bonchev–Trinajstić information content (AvgIpc) is 3.24. The van der Waals surface area contributed by atoms with Crippen molar-refractivity contribution >= 4 is 33.8 Å². The molecule has 1 aromatic heterocycles. The summed E-state index contributed by atoms with van der Waals surface area (Å²) in [6.07, 6.45) is -0.730. The zero-order valence-electron chi connectivity index (χ0n) is 28.6. The fraction of sp³-hybridized carbons (Fsp3) is 0.0278. The maximum absolute atomic E-state index is 15.4. The molecule has 0 N–H and O–H groups in total. The molecule has 25 heteroatoms. The molecule has 0 saturated carbocycles. The van der Waals surface area contributed by atoms with Crippen molar-refractivity contribution < 1.29 is 102 Å². The molecule has 3 nitrogen and oxygen atoms in total. The molecule has 0 aliphatic heterocycles. The fourth-order valence-electron chi connectivity index (χ4n) is 6.27. The Morgan fingerprint density at radius 1 is 0.393 bits per heavy atom. The summed E-state index contributed by atoms with van der Waals surface area (Å²) in [7, 11) is 0. The lowest BCUT2D eigenvalue weighted by molar-refractivity contribution is -0.683. The Morgan fingerprint density at radius 3 is 0.902 bits per heavy atom. The summed E-state index contributed by atoms with van der Waals surface area (Å²) in [6, 6.07) is 5.98.